The lowest BCUT2D eigenvalue weighted by atomic mass is 10.3. The van der Waals surface area contributed by atoms with E-state index in [0.29, 0.717) is 5.22 Å². The van der Waals surface area contributed by atoms with Crippen LogP contribution in [0.5, 0.6) is 0 Å². The van der Waals surface area contributed by atoms with Crippen LogP contribution in [0.1, 0.15) is 13.8 Å². The Hall–Kier alpha value is -1.11. The zero-order valence-corrected chi connectivity index (χ0v) is 6.27. The summed E-state index contributed by atoms with van der Waals surface area (Å²) < 4.78 is 0. The summed E-state index contributed by atoms with van der Waals surface area (Å²) in [6.07, 6.45) is 3.83. The van der Waals surface area contributed by atoms with E-state index in [1.165, 1.54) is 0 Å². The second kappa shape index (κ2) is 2.25. The molecule has 10 heavy (non-hydrogen) atoms. The number of rotatable bonds is 1. The van der Waals surface area contributed by atoms with E-state index in [9.17, 15) is 4.79 Å². The van der Waals surface area contributed by atoms with Crippen molar-refractivity contribution in [1.82, 2.24) is 0 Å². The van der Waals surface area contributed by atoms with Gasteiger partial charge in [-0.25, -0.2) is 0 Å². The van der Waals surface area contributed by atoms with Crippen LogP contribution < -0.4 is 15.9 Å². The summed E-state index contributed by atoms with van der Waals surface area (Å²) in [7, 11) is 0. The molecule has 1 aromatic rings. The van der Waals surface area contributed by atoms with Gasteiger partial charge in [0.05, 0.1) is 0 Å². The number of allylic oxidation sites excluding steroid dienone is 2. The van der Waals surface area contributed by atoms with Crippen molar-refractivity contribution >= 4 is 12.7 Å². The molecule has 1 rings (SSSR count). The third-order valence-corrected chi connectivity index (χ3v) is 1.61. The zero-order valence-electron chi connectivity index (χ0n) is 6.27. The predicted octanol–water partition coefficient (Wildman–Crippen LogP) is 0.0794. The quantitative estimate of drug-likeness (QED) is 0.531. The van der Waals surface area contributed by atoms with Crippen LogP contribution >= 0.6 is 0 Å². The van der Waals surface area contributed by atoms with Gasteiger partial charge in [-0.3, -0.25) is 4.79 Å². The van der Waals surface area contributed by atoms with Crippen molar-refractivity contribution in [3.05, 3.63) is 32.3 Å². The van der Waals surface area contributed by atoms with Crippen LogP contribution in [0.2, 0.25) is 0 Å². The summed E-state index contributed by atoms with van der Waals surface area (Å²) in [5.74, 6) is 0. The van der Waals surface area contributed by atoms with Gasteiger partial charge in [0.25, 0.3) is 0 Å². The molecular formula is C9H10O. The first-order chi connectivity index (χ1) is 4.66. The highest BCUT2D eigenvalue weighted by molar-refractivity contribution is 5.48. The van der Waals surface area contributed by atoms with E-state index in [4.69, 9.17) is 0 Å². The largest absolute Gasteiger partial charge is 0.289 e. The Labute approximate surface area is 59.7 Å². The van der Waals surface area contributed by atoms with Crippen molar-refractivity contribution in [1.29, 1.82) is 0 Å². The molecule has 0 aliphatic heterocycles. The van der Waals surface area contributed by atoms with Gasteiger partial charge in [-0.05, 0) is 19.9 Å². The molecule has 0 heterocycles. The van der Waals surface area contributed by atoms with Crippen LogP contribution in [0.15, 0.2) is 16.4 Å². The first-order valence-corrected chi connectivity index (χ1v) is 3.25. The van der Waals surface area contributed by atoms with Crippen LogP contribution in [0.4, 0.5) is 0 Å². The third kappa shape index (κ3) is 1.08. The second-order valence-electron chi connectivity index (χ2n) is 2.40. The number of hydrogen-bond acceptors (Lipinski definition) is 1. The van der Waals surface area contributed by atoms with E-state index >= 15 is 0 Å². The molecule has 0 saturated heterocycles. The minimum absolute atomic E-state index is 0.112. The molecule has 0 saturated carbocycles. The second-order valence-corrected chi connectivity index (χ2v) is 2.40. The monoisotopic (exact) mass is 134 g/mol. The highest BCUT2D eigenvalue weighted by Crippen LogP contribution is 1.89. The van der Waals surface area contributed by atoms with Crippen molar-refractivity contribution in [2.45, 2.75) is 13.8 Å². The molecule has 0 aromatic heterocycles. The van der Waals surface area contributed by atoms with Crippen LogP contribution in [0, 0.1) is 0 Å². The lowest BCUT2D eigenvalue weighted by molar-refractivity contribution is 1.53. The summed E-state index contributed by atoms with van der Waals surface area (Å²) in [5, 5.41) is 1.46. The van der Waals surface area contributed by atoms with Gasteiger partial charge in [0.2, 0.25) is 0 Å². The highest BCUT2D eigenvalue weighted by Gasteiger charge is 2.01. The first kappa shape index (κ1) is 7.00. The Morgan fingerprint density at radius 1 is 1.60 bits per heavy atom. The summed E-state index contributed by atoms with van der Waals surface area (Å²) in [6, 6.07) is 0. The minimum Gasteiger partial charge on any atom is -0.289 e. The van der Waals surface area contributed by atoms with Crippen LogP contribution in [-0.2, 0) is 0 Å². The summed E-state index contributed by atoms with van der Waals surface area (Å²) in [5.41, 5.74) is 1.23. The topological polar surface area (TPSA) is 17.1 Å². The van der Waals surface area contributed by atoms with Crippen molar-refractivity contribution in [2.75, 3.05) is 0 Å². The normalized spacial score (nSPS) is 15.0. The summed E-state index contributed by atoms with van der Waals surface area (Å²) in [4.78, 5) is 10.7. The molecule has 0 aliphatic carbocycles. The summed E-state index contributed by atoms with van der Waals surface area (Å²) >= 11 is 0. The fraction of sp³-hybridized carbons (Fsp3) is 0.222. The van der Waals surface area contributed by atoms with Crippen LogP contribution in [0.3, 0.4) is 0 Å². The smallest absolute Gasteiger partial charge is 0.193 e. The minimum atomic E-state index is 0.112. The molecule has 0 spiro atoms. The number of hydrogen-bond donors (Lipinski definition) is 0. The maximum atomic E-state index is 10.7. The Bertz CT molecular complexity index is 347. The van der Waals surface area contributed by atoms with Gasteiger partial charge in [0, 0.05) is 10.4 Å². The van der Waals surface area contributed by atoms with Gasteiger partial charge in [-0.1, -0.05) is 18.2 Å². The molecule has 0 atom stereocenters. The molecule has 1 aromatic carbocycles. The van der Waals surface area contributed by atoms with Gasteiger partial charge in [-0.15, -0.1) is 0 Å². The SMILES string of the molecule is C=c1c(=O)/c1=C/C(C)=C\C. The summed E-state index contributed by atoms with van der Waals surface area (Å²) in [6.45, 7) is 7.48. The average molecular weight is 134 g/mol. The van der Waals surface area contributed by atoms with E-state index in [1.807, 2.05) is 26.0 Å². The first-order valence-electron chi connectivity index (χ1n) is 3.25. The molecule has 52 valence electrons. The molecule has 0 radical (unpaired) electrons. The van der Waals surface area contributed by atoms with Crippen LogP contribution in [-0.4, -0.2) is 0 Å². The van der Waals surface area contributed by atoms with Crippen molar-refractivity contribution < 1.29 is 0 Å². The fourth-order valence-corrected chi connectivity index (χ4v) is 0.686. The van der Waals surface area contributed by atoms with Crippen molar-refractivity contribution in [2.24, 2.45) is 0 Å². The van der Waals surface area contributed by atoms with Gasteiger partial charge >= 0.3 is 0 Å². The van der Waals surface area contributed by atoms with Gasteiger partial charge in [0.1, 0.15) is 0 Å². The van der Waals surface area contributed by atoms with E-state index in [1.54, 1.807) is 0 Å². The molecule has 0 aliphatic rings. The molecule has 0 fully saturated rings. The average Bonchev–Trinajstić information content (AvgIpc) is 2.45. The third-order valence-electron chi connectivity index (χ3n) is 1.61. The molecule has 0 amide bonds. The molecule has 1 nitrogen and oxygen atoms in total. The lowest BCUT2D eigenvalue weighted by Gasteiger charge is -1.80. The molecule has 0 unspecified atom stereocenters. The van der Waals surface area contributed by atoms with E-state index in [-0.39, 0.29) is 5.43 Å². The van der Waals surface area contributed by atoms with Crippen molar-refractivity contribution in [3.63, 3.8) is 0 Å². The molecular weight excluding hydrogens is 124 g/mol. The zero-order chi connectivity index (χ0) is 7.72. The lowest BCUT2D eigenvalue weighted by Crippen LogP contribution is -1.94. The Morgan fingerprint density at radius 2 is 2.10 bits per heavy atom. The molecule has 0 bridgehead atoms. The van der Waals surface area contributed by atoms with Crippen LogP contribution in [0.25, 0.3) is 12.7 Å². The van der Waals surface area contributed by atoms with Gasteiger partial charge in [-0.2, -0.15) is 0 Å². The predicted molar refractivity (Wildman–Crippen MR) is 43.8 cm³/mol. The van der Waals surface area contributed by atoms with E-state index in [0.717, 1.165) is 10.8 Å². The molecule has 1 heteroatoms. The van der Waals surface area contributed by atoms with E-state index in [2.05, 4.69) is 6.58 Å². The van der Waals surface area contributed by atoms with Gasteiger partial charge in [0.15, 0.2) is 5.43 Å². The van der Waals surface area contributed by atoms with E-state index < -0.39 is 0 Å². The fourth-order valence-electron chi connectivity index (χ4n) is 0.686. The molecule has 0 N–H and O–H groups in total. The maximum Gasteiger partial charge on any atom is 0.193 e. The van der Waals surface area contributed by atoms with Crippen molar-refractivity contribution in [3.8, 4) is 0 Å². The Balaban J connectivity index is 3.10. The standard InChI is InChI=1S/C9H10O/c1-4-6(2)5-8-7(3)9(8)10/h4-5H,3H2,1-2H3/b6-4-,8-5+. The Morgan fingerprint density at radius 3 is 2.40 bits per heavy atom. The maximum absolute atomic E-state index is 10.7. The highest BCUT2D eigenvalue weighted by atomic mass is 16.1. The Kier molecular flexibility index (Phi) is 1.58. The van der Waals surface area contributed by atoms with Gasteiger partial charge < -0.3 is 0 Å².